The highest BCUT2D eigenvalue weighted by Crippen LogP contribution is 2.21. The molecule has 94 valence electrons. The van der Waals surface area contributed by atoms with Crippen LogP contribution in [0.3, 0.4) is 0 Å². The Bertz CT molecular complexity index is 494. The van der Waals surface area contributed by atoms with Gasteiger partial charge in [0.1, 0.15) is 11.6 Å². The molecule has 0 aliphatic heterocycles. The van der Waals surface area contributed by atoms with E-state index in [-0.39, 0.29) is 18.0 Å². The normalized spacial score (nSPS) is 12.4. The van der Waals surface area contributed by atoms with Gasteiger partial charge in [-0.15, -0.1) is 0 Å². The molecular weight excluding hydrogens is 234 g/mol. The Balaban J connectivity index is 2.26. The monoisotopic (exact) mass is 248 g/mol. The molecular formula is C14H14F2N2. The number of pyridine rings is 1. The Morgan fingerprint density at radius 2 is 1.89 bits per heavy atom. The van der Waals surface area contributed by atoms with Crippen LogP contribution in [0.4, 0.5) is 8.78 Å². The summed E-state index contributed by atoms with van der Waals surface area (Å²) in [6.07, 6.45) is 3.61. The van der Waals surface area contributed by atoms with E-state index >= 15 is 0 Å². The van der Waals surface area contributed by atoms with Crippen molar-refractivity contribution in [1.29, 1.82) is 0 Å². The van der Waals surface area contributed by atoms with Gasteiger partial charge in [-0.1, -0.05) is 12.1 Å². The van der Waals surface area contributed by atoms with Crippen molar-refractivity contribution in [2.45, 2.75) is 12.5 Å². The Morgan fingerprint density at radius 1 is 1.17 bits per heavy atom. The van der Waals surface area contributed by atoms with E-state index in [9.17, 15) is 8.78 Å². The molecule has 18 heavy (non-hydrogen) atoms. The minimum Gasteiger partial charge on any atom is -0.313 e. The predicted octanol–water partition coefficient (Wildman–Crippen LogP) is 2.86. The lowest BCUT2D eigenvalue weighted by Crippen LogP contribution is -2.20. The number of aromatic nitrogens is 1. The molecule has 2 aromatic rings. The zero-order valence-electron chi connectivity index (χ0n) is 10.0. The van der Waals surface area contributed by atoms with Crippen molar-refractivity contribution in [3.63, 3.8) is 0 Å². The molecule has 0 spiro atoms. The lowest BCUT2D eigenvalue weighted by molar-refractivity contribution is 0.514. The molecule has 2 rings (SSSR count). The van der Waals surface area contributed by atoms with Crippen LogP contribution >= 0.6 is 0 Å². The Hall–Kier alpha value is -1.81. The summed E-state index contributed by atoms with van der Waals surface area (Å²) in [5.41, 5.74) is 1.00. The van der Waals surface area contributed by atoms with Gasteiger partial charge in [0.2, 0.25) is 0 Å². The number of hydrogen-bond acceptors (Lipinski definition) is 2. The van der Waals surface area contributed by atoms with Gasteiger partial charge in [-0.05, 0) is 37.2 Å². The Labute approximate surface area is 105 Å². The molecule has 1 aromatic carbocycles. The molecule has 1 atom stereocenters. The number of halogens is 2. The van der Waals surface area contributed by atoms with Gasteiger partial charge in [-0.3, -0.25) is 4.98 Å². The molecule has 0 saturated heterocycles. The number of nitrogens with one attached hydrogen (secondary N) is 1. The Morgan fingerprint density at radius 3 is 2.44 bits per heavy atom. The minimum absolute atomic E-state index is 0.0979. The van der Waals surface area contributed by atoms with Crippen molar-refractivity contribution in [1.82, 2.24) is 10.3 Å². The van der Waals surface area contributed by atoms with Crippen molar-refractivity contribution >= 4 is 0 Å². The van der Waals surface area contributed by atoms with Crippen molar-refractivity contribution in [3.8, 4) is 0 Å². The number of likely N-dealkylation sites (N-methyl/N-ethyl adjacent to an activating group) is 1. The summed E-state index contributed by atoms with van der Waals surface area (Å²) < 4.78 is 27.2. The highest BCUT2D eigenvalue weighted by molar-refractivity contribution is 5.24. The predicted molar refractivity (Wildman–Crippen MR) is 66.1 cm³/mol. The summed E-state index contributed by atoms with van der Waals surface area (Å²) in [6, 6.07) is 7.43. The molecule has 0 saturated carbocycles. The average molecular weight is 248 g/mol. The molecule has 1 aromatic heterocycles. The summed E-state index contributed by atoms with van der Waals surface area (Å²) >= 11 is 0. The highest BCUT2D eigenvalue weighted by Gasteiger charge is 2.16. The van der Waals surface area contributed by atoms with Crippen LogP contribution in [-0.2, 0) is 6.42 Å². The van der Waals surface area contributed by atoms with Crippen LogP contribution in [0.25, 0.3) is 0 Å². The smallest absolute Gasteiger partial charge is 0.129 e. The summed E-state index contributed by atoms with van der Waals surface area (Å²) in [7, 11) is 1.76. The lowest BCUT2D eigenvalue weighted by Gasteiger charge is -2.17. The van der Waals surface area contributed by atoms with Gasteiger partial charge in [-0.25, -0.2) is 8.78 Å². The van der Waals surface area contributed by atoms with Crippen LogP contribution in [0.15, 0.2) is 42.7 Å². The summed E-state index contributed by atoms with van der Waals surface area (Å²) in [4.78, 5) is 4.01. The van der Waals surface area contributed by atoms with Crippen molar-refractivity contribution in [2.24, 2.45) is 0 Å². The van der Waals surface area contributed by atoms with Crippen LogP contribution in [0, 0.1) is 11.6 Å². The van der Waals surface area contributed by atoms with E-state index in [1.54, 1.807) is 25.5 Å². The van der Waals surface area contributed by atoms with E-state index in [0.717, 1.165) is 5.56 Å². The van der Waals surface area contributed by atoms with Crippen molar-refractivity contribution in [3.05, 3.63) is 65.5 Å². The number of rotatable bonds is 4. The van der Waals surface area contributed by atoms with Gasteiger partial charge in [0.15, 0.2) is 0 Å². The third kappa shape index (κ3) is 2.71. The van der Waals surface area contributed by atoms with Crippen LogP contribution in [0.5, 0.6) is 0 Å². The molecule has 1 heterocycles. The summed E-state index contributed by atoms with van der Waals surface area (Å²) in [5, 5.41) is 3.05. The van der Waals surface area contributed by atoms with E-state index in [1.165, 1.54) is 18.2 Å². The first-order valence-electron chi connectivity index (χ1n) is 5.72. The van der Waals surface area contributed by atoms with Crippen LogP contribution in [-0.4, -0.2) is 12.0 Å². The van der Waals surface area contributed by atoms with Gasteiger partial charge in [0.25, 0.3) is 0 Å². The fourth-order valence-electron chi connectivity index (χ4n) is 1.90. The van der Waals surface area contributed by atoms with Crippen molar-refractivity contribution < 1.29 is 8.78 Å². The SMILES string of the molecule is CNC(Cc1c(F)cccc1F)c1cccnc1. The lowest BCUT2D eigenvalue weighted by atomic mass is 9.99. The maximum atomic E-state index is 13.6. The first kappa shape index (κ1) is 12.6. The minimum atomic E-state index is -0.515. The third-order valence-electron chi connectivity index (χ3n) is 2.91. The molecule has 1 unspecified atom stereocenters. The molecule has 0 amide bonds. The van der Waals surface area contributed by atoms with Crippen LogP contribution in [0.1, 0.15) is 17.2 Å². The van der Waals surface area contributed by atoms with E-state index < -0.39 is 11.6 Å². The molecule has 0 fully saturated rings. The number of benzene rings is 1. The van der Waals surface area contributed by atoms with E-state index in [2.05, 4.69) is 10.3 Å². The second-order valence-corrected chi connectivity index (χ2v) is 4.03. The third-order valence-corrected chi connectivity index (χ3v) is 2.91. The summed E-state index contributed by atoms with van der Waals surface area (Å²) in [6.45, 7) is 0. The average Bonchev–Trinajstić information content (AvgIpc) is 2.40. The fourth-order valence-corrected chi connectivity index (χ4v) is 1.90. The number of hydrogen-bond donors (Lipinski definition) is 1. The first-order chi connectivity index (χ1) is 8.72. The Kier molecular flexibility index (Phi) is 3.99. The van der Waals surface area contributed by atoms with Crippen molar-refractivity contribution in [2.75, 3.05) is 7.05 Å². The fraction of sp³-hybridized carbons (Fsp3) is 0.214. The second-order valence-electron chi connectivity index (χ2n) is 4.03. The van der Waals surface area contributed by atoms with E-state index in [0.29, 0.717) is 0 Å². The van der Waals surface area contributed by atoms with Crippen LogP contribution < -0.4 is 5.32 Å². The zero-order chi connectivity index (χ0) is 13.0. The standard InChI is InChI=1S/C14H14F2N2/c1-17-14(10-4-3-7-18-9-10)8-11-12(15)5-2-6-13(11)16/h2-7,9,14,17H,8H2,1H3. The molecule has 1 N–H and O–H groups in total. The summed E-state index contributed by atoms with van der Waals surface area (Å²) in [5.74, 6) is -1.03. The van der Waals surface area contributed by atoms with E-state index in [4.69, 9.17) is 0 Å². The second kappa shape index (κ2) is 5.69. The number of nitrogens with zero attached hydrogens (tertiary/aromatic N) is 1. The zero-order valence-corrected chi connectivity index (χ0v) is 10.0. The molecule has 4 heteroatoms. The van der Waals surface area contributed by atoms with Crippen LogP contribution in [0.2, 0.25) is 0 Å². The van der Waals surface area contributed by atoms with Gasteiger partial charge in [0.05, 0.1) is 0 Å². The maximum absolute atomic E-state index is 13.6. The molecule has 0 bridgehead atoms. The van der Waals surface area contributed by atoms with Gasteiger partial charge < -0.3 is 5.32 Å². The molecule has 0 aliphatic rings. The van der Waals surface area contributed by atoms with Gasteiger partial charge in [-0.2, -0.15) is 0 Å². The van der Waals surface area contributed by atoms with Gasteiger partial charge >= 0.3 is 0 Å². The van der Waals surface area contributed by atoms with E-state index in [1.807, 2.05) is 6.07 Å². The molecule has 0 radical (unpaired) electrons. The molecule has 2 nitrogen and oxygen atoms in total. The maximum Gasteiger partial charge on any atom is 0.129 e. The molecule has 0 aliphatic carbocycles. The first-order valence-corrected chi connectivity index (χ1v) is 5.72. The highest BCUT2D eigenvalue weighted by atomic mass is 19.1. The van der Waals surface area contributed by atoms with Gasteiger partial charge in [0, 0.05) is 24.0 Å². The quantitative estimate of drug-likeness (QED) is 0.900. The topological polar surface area (TPSA) is 24.9 Å². The largest absolute Gasteiger partial charge is 0.313 e.